The highest BCUT2D eigenvalue weighted by molar-refractivity contribution is 7.91. The Bertz CT molecular complexity index is 326. The Morgan fingerprint density at radius 3 is 2.53 bits per heavy atom. The fraction of sp³-hybridized carbons (Fsp3) is 0.700. The zero-order chi connectivity index (χ0) is 13.1. The van der Waals surface area contributed by atoms with Gasteiger partial charge in [-0.3, -0.25) is 0 Å². The summed E-state index contributed by atoms with van der Waals surface area (Å²) < 4.78 is 32.2. The highest BCUT2D eigenvalue weighted by Gasteiger charge is 2.08. The van der Waals surface area contributed by atoms with E-state index in [1.807, 2.05) is 0 Å². The van der Waals surface area contributed by atoms with Gasteiger partial charge in [-0.05, 0) is 6.42 Å². The number of hydrogen-bond donors (Lipinski definition) is 0. The third-order valence-corrected chi connectivity index (χ3v) is 3.92. The molecule has 0 fully saturated rings. The smallest absolute Gasteiger partial charge is 0.330 e. The minimum absolute atomic E-state index is 0.00843. The van der Waals surface area contributed by atoms with Crippen molar-refractivity contribution < 1.29 is 22.7 Å². The minimum atomic E-state index is -3.05. The molecule has 0 aliphatic carbocycles. The van der Waals surface area contributed by atoms with Crippen molar-refractivity contribution in [1.82, 2.24) is 0 Å². The Hall–Kier alpha value is -0.590. The standard InChI is InChI=1S/C10H17ClO5S/c1-2-10(12)16-7-6-15-5-3-8-17(13,14)9-4-11/h2H,1,3-9H2. The van der Waals surface area contributed by atoms with Crippen molar-refractivity contribution in [2.75, 3.05) is 37.2 Å². The Morgan fingerprint density at radius 1 is 1.24 bits per heavy atom. The number of carbonyl (C=O) groups excluding carboxylic acids is 1. The molecule has 0 aromatic carbocycles. The second kappa shape index (κ2) is 9.44. The lowest BCUT2D eigenvalue weighted by atomic mass is 10.5. The maximum absolute atomic E-state index is 11.2. The van der Waals surface area contributed by atoms with Crippen LogP contribution in [-0.2, 0) is 24.1 Å². The molecule has 0 aromatic heterocycles. The summed E-state index contributed by atoms with van der Waals surface area (Å²) in [5.74, 6) is -0.337. The molecular formula is C10H17ClO5S. The number of sulfone groups is 1. The normalized spacial score (nSPS) is 11.1. The topological polar surface area (TPSA) is 69.7 Å². The first-order chi connectivity index (χ1) is 8.02. The summed E-state index contributed by atoms with van der Waals surface area (Å²) in [6, 6.07) is 0. The first-order valence-corrected chi connectivity index (χ1v) is 7.51. The molecule has 0 radical (unpaired) electrons. The van der Waals surface area contributed by atoms with Crippen LogP contribution >= 0.6 is 11.6 Å². The minimum Gasteiger partial charge on any atom is -0.460 e. The molecule has 0 unspecified atom stereocenters. The third kappa shape index (κ3) is 10.3. The Morgan fingerprint density at radius 2 is 1.94 bits per heavy atom. The highest BCUT2D eigenvalue weighted by atomic mass is 35.5. The number of halogens is 1. The van der Waals surface area contributed by atoms with Gasteiger partial charge in [-0.25, -0.2) is 13.2 Å². The van der Waals surface area contributed by atoms with Crippen LogP contribution in [0, 0.1) is 0 Å². The molecule has 100 valence electrons. The van der Waals surface area contributed by atoms with Gasteiger partial charge in [0, 0.05) is 18.6 Å². The van der Waals surface area contributed by atoms with E-state index in [9.17, 15) is 13.2 Å². The fourth-order valence-corrected chi connectivity index (χ4v) is 2.66. The van der Waals surface area contributed by atoms with E-state index >= 15 is 0 Å². The number of carbonyl (C=O) groups is 1. The van der Waals surface area contributed by atoms with E-state index in [4.69, 9.17) is 16.3 Å². The molecule has 0 aromatic rings. The van der Waals surface area contributed by atoms with Gasteiger partial charge in [-0.15, -0.1) is 11.6 Å². The monoisotopic (exact) mass is 284 g/mol. The van der Waals surface area contributed by atoms with Crippen LogP contribution in [0.4, 0.5) is 0 Å². The average molecular weight is 285 g/mol. The predicted molar refractivity (Wildman–Crippen MR) is 66.0 cm³/mol. The van der Waals surface area contributed by atoms with Gasteiger partial charge in [0.05, 0.1) is 18.1 Å². The molecule has 0 heterocycles. The van der Waals surface area contributed by atoms with Crippen molar-refractivity contribution in [3.05, 3.63) is 12.7 Å². The second-order valence-corrected chi connectivity index (χ2v) is 5.86. The van der Waals surface area contributed by atoms with Crippen LogP contribution in [-0.4, -0.2) is 51.6 Å². The number of rotatable bonds is 10. The molecule has 0 aliphatic rings. The van der Waals surface area contributed by atoms with Crippen LogP contribution in [0.5, 0.6) is 0 Å². The zero-order valence-electron chi connectivity index (χ0n) is 9.56. The quantitative estimate of drug-likeness (QED) is 0.257. The van der Waals surface area contributed by atoms with Crippen molar-refractivity contribution in [2.45, 2.75) is 6.42 Å². The number of hydrogen-bond acceptors (Lipinski definition) is 5. The van der Waals surface area contributed by atoms with Gasteiger partial charge < -0.3 is 9.47 Å². The van der Waals surface area contributed by atoms with Gasteiger partial charge in [-0.2, -0.15) is 0 Å². The van der Waals surface area contributed by atoms with E-state index in [1.165, 1.54) is 0 Å². The van der Waals surface area contributed by atoms with Crippen molar-refractivity contribution in [1.29, 1.82) is 0 Å². The van der Waals surface area contributed by atoms with Crippen molar-refractivity contribution in [3.63, 3.8) is 0 Å². The van der Waals surface area contributed by atoms with Crippen LogP contribution in [0.15, 0.2) is 12.7 Å². The lowest BCUT2D eigenvalue weighted by molar-refractivity contribution is -0.139. The number of ether oxygens (including phenoxy) is 2. The first-order valence-electron chi connectivity index (χ1n) is 5.15. The van der Waals surface area contributed by atoms with Crippen molar-refractivity contribution in [3.8, 4) is 0 Å². The van der Waals surface area contributed by atoms with E-state index in [-0.39, 0.29) is 30.6 Å². The summed E-state index contributed by atoms with van der Waals surface area (Å²) in [4.78, 5) is 10.6. The third-order valence-electron chi connectivity index (χ3n) is 1.77. The predicted octanol–water partition coefficient (Wildman–Crippen LogP) is 0.776. The first kappa shape index (κ1) is 16.4. The van der Waals surface area contributed by atoms with Gasteiger partial charge in [0.25, 0.3) is 0 Å². The Labute approximate surface area is 107 Å². The van der Waals surface area contributed by atoms with Crippen molar-refractivity contribution in [2.24, 2.45) is 0 Å². The summed E-state index contributed by atoms with van der Waals surface area (Å²) in [5.41, 5.74) is 0. The second-order valence-electron chi connectivity index (χ2n) is 3.18. The molecule has 0 atom stereocenters. The maximum Gasteiger partial charge on any atom is 0.330 e. The molecule has 0 aliphatic heterocycles. The van der Waals surface area contributed by atoms with Crippen LogP contribution < -0.4 is 0 Å². The van der Waals surface area contributed by atoms with Crippen molar-refractivity contribution >= 4 is 27.4 Å². The largest absolute Gasteiger partial charge is 0.460 e. The fourth-order valence-electron chi connectivity index (χ4n) is 0.963. The molecule has 0 rings (SSSR count). The van der Waals surface area contributed by atoms with E-state index < -0.39 is 15.8 Å². The van der Waals surface area contributed by atoms with Crippen LogP contribution in [0.25, 0.3) is 0 Å². The van der Waals surface area contributed by atoms with Gasteiger partial charge in [0.1, 0.15) is 6.61 Å². The van der Waals surface area contributed by atoms with E-state index in [0.717, 1.165) is 6.08 Å². The zero-order valence-corrected chi connectivity index (χ0v) is 11.1. The summed E-state index contributed by atoms with van der Waals surface area (Å²) in [7, 11) is -3.05. The molecule has 5 nitrogen and oxygen atoms in total. The van der Waals surface area contributed by atoms with Crippen LogP contribution in [0.1, 0.15) is 6.42 Å². The SMILES string of the molecule is C=CC(=O)OCCOCCCS(=O)(=O)CCCl. The summed E-state index contributed by atoms with van der Waals surface area (Å²) >= 11 is 5.34. The van der Waals surface area contributed by atoms with Gasteiger partial charge in [-0.1, -0.05) is 6.58 Å². The Kier molecular flexibility index (Phi) is 9.11. The lowest BCUT2D eigenvalue weighted by Gasteiger charge is -2.05. The summed E-state index contributed by atoms with van der Waals surface area (Å²) in [6.45, 7) is 3.94. The van der Waals surface area contributed by atoms with Gasteiger partial charge >= 0.3 is 5.97 Å². The molecule has 7 heteroatoms. The molecule has 0 spiro atoms. The molecule has 0 saturated carbocycles. The summed E-state index contributed by atoms with van der Waals surface area (Å²) in [5, 5.41) is 0. The Balaban J connectivity index is 3.41. The lowest BCUT2D eigenvalue weighted by Crippen LogP contribution is -2.15. The molecule has 0 bridgehead atoms. The highest BCUT2D eigenvalue weighted by Crippen LogP contribution is 1.96. The summed E-state index contributed by atoms with van der Waals surface area (Å²) in [6.07, 6.45) is 1.48. The van der Waals surface area contributed by atoms with Gasteiger partial charge in [0.2, 0.25) is 0 Å². The van der Waals surface area contributed by atoms with E-state index in [0.29, 0.717) is 13.0 Å². The average Bonchev–Trinajstić information content (AvgIpc) is 2.27. The van der Waals surface area contributed by atoms with E-state index in [1.54, 1.807) is 0 Å². The molecular weight excluding hydrogens is 268 g/mol. The van der Waals surface area contributed by atoms with Gasteiger partial charge in [0.15, 0.2) is 9.84 Å². The number of alkyl halides is 1. The van der Waals surface area contributed by atoms with E-state index in [2.05, 4.69) is 11.3 Å². The van der Waals surface area contributed by atoms with Crippen LogP contribution in [0.2, 0.25) is 0 Å². The molecule has 0 saturated heterocycles. The van der Waals surface area contributed by atoms with Crippen LogP contribution in [0.3, 0.4) is 0 Å². The number of esters is 1. The molecule has 17 heavy (non-hydrogen) atoms. The molecule has 0 amide bonds. The maximum atomic E-state index is 11.2. The molecule has 0 N–H and O–H groups in total.